The molecule has 11 heteroatoms. The van der Waals surface area contributed by atoms with Crippen molar-refractivity contribution in [2.75, 3.05) is 11.1 Å². The largest absolute Gasteiger partial charge is 0.484 e. The smallest absolute Gasteiger partial charge is 0.236 e. The quantitative estimate of drug-likeness (QED) is 0.316. The van der Waals surface area contributed by atoms with Crippen LogP contribution in [0.2, 0.25) is 10.0 Å². The summed E-state index contributed by atoms with van der Waals surface area (Å²) in [4.78, 5) is 16.8. The second kappa shape index (κ2) is 10.4. The standard InChI is InChI=1S/C21H17Cl2N5O2S2/c1-28-18(10-30-17-8-7-14(22)9-15(17)23)26-27-21(28)32-12-19(29)25-20-24-16(11-31-20)13-5-3-2-4-6-13/h2-9,11H,10,12H2,1H3,(H,24,25,29). The van der Waals surface area contributed by atoms with Crippen molar-refractivity contribution in [3.8, 4) is 17.0 Å². The zero-order chi connectivity index (χ0) is 22.5. The molecule has 4 rings (SSSR count). The highest BCUT2D eigenvalue weighted by molar-refractivity contribution is 7.99. The summed E-state index contributed by atoms with van der Waals surface area (Å²) >= 11 is 14.7. The number of nitrogens with zero attached hydrogens (tertiary/aromatic N) is 4. The third kappa shape index (κ3) is 5.60. The Morgan fingerprint density at radius 2 is 2.00 bits per heavy atom. The van der Waals surface area contributed by atoms with E-state index < -0.39 is 0 Å². The molecule has 0 bridgehead atoms. The van der Waals surface area contributed by atoms with Gasteiger partial charge >= 0.3 is 0 Å². The summed E-state index contributed by atoms with van der Waals surface area (Å²) in [7, 11) is 1.81. The van der Waals surface area contributed by atoms with Crippen molar-refractivity contribution >= 4 is 57.3 Å². The Balaban J connectivity index is 1.30. The second-order valence-corrected chi connectivity index (χ2v) is 9.21. The van der Waals surface area contributed by atoms with Crippen molar-refractivity contribution in [3.05, 3.63) is 69.8 Å². The molecule has 0 spiro atoms. The summed E-state index contributed by atoms with van der Waals surface area (Å²) < 4.78 is 7.48. The highest BCUT2D eigenvalue weighted by atomic mass is 35.5. The number of hydrogen-bond acceptors (Lipinski definition) is 7. The van der Waals surface area contributed by atoms with Gasteiger partial charge in [-0.3, -0.25) is 4.79 Å². The molecule has 0 fully saturated rings. The minimum atomic E-state index is -0.169. The van der Waals surface area contributed by atoms with Crippen molar-refractivity contribution in [1.82, 2.24) is 19.7 Å². The topological polar surface area (TPSA) is 81.9 Å². The van der Waals surface area contributed by atoms with Crippen molar-refractivity contribution in [2.45, 2.75) is 11.8 Å². The molecule has 32 heavy (non-hydrogen) atoms. The predicted octanol–water partition coefficient (Wildman–Crippen LogP) is 5.56. The maximum Gasteiger partial charge on any atom is 0.236 e. The number of nitrogens with one attached hydrogen (secondary N) is 1. The van der Waals surface area contributed by atoms with Gasteiger partial charge in [-0.15, -0.1) is 21.5 Å². The fourth-order valence-electron chi connectivity index (χ4n) is 2.69. The number of carbonyl (C=O) groups excluding carboxylic acids is 1. The third-order valence-corrected chi connectivity index (χ3v) is 6.64. The van der Waals surface area contributed by atoms with Crippen LogP contribution >= 0.6 is 46.3 Å². The van der Waals surface area contributed by atoms with Crippen LogP contribution in [0.3, 0.4) is 0 Å². The number of ether oxygens (including phenoxy) is 1. The number of halogens is 2. The number of aromatic nitrogens is 4. The van der Waals surface area contributed by atoms with Crippen LogP contribution in [0.4, 0.5) is 5.13 Å². The average molecular weight is 506 g/mol. The summed E-state index contributed by atoms with van der Waals surface area (Å²) in [6.45, 7) is 0.180. The van der Waals surface area contributed by atoms with E-state index in [-0.39, 0.29) is 18.3 Å². The van der Waals surface area contributed by atoms with Gasteiger partial charge in [-0.05, 0) is 18.2 Å². The molecule has 0 saturated heterocycles. The summed E-state index contributed by atoms with van der Waals surface area (Å²) in [6, 6.07) is 14.8. The molecule has 164 valence electrons. The Morgan fingerprint density at radius 3 is 2.78 bits per heavy atom. The van der Waals surface area contributed by atoms with E-state index >= 15 is 0 Å². The van der Waals surface area contributed by atoms with Crippen LogP contribution in [0, 0.1) is 0 Å². The van der Waals surface area contributed by atoms with Crippen molar-refractivity contribution in [2.24, 2.45) is 7.05 Å². The maximum atomic E-state index is 12.4. The monoisotopic (exact) mass is 505 g/mol. The van der Waals surface area contributed by atoms with Crippen molar-refractivity contribution in [1.29, 1.82) is 0 Å². The number of hydrogen-bond donors (Lipinski definition) is 1. The van der Waals surface area contributed by atoms with Gasteiger partial charge in [-0.2, -0.15) is 0 Å². The Bertz CT molecular complexity index is 1230. The molecule has 0 saturated carbocycles. The van der Waals surface area contributed by atoms with Crippen LogP contribution in [-0.2, 0) is 18.4 Å². The Hall–Kier alpha value is -2.59. The molecule has 0 radical (unpaired) electrons. The first-order valence-corrected chi connectivity index (χ1v) is 12.0. The van der Waals surface area contributed by atoms with Gasteiger partial charge in [-0.25, -0.2) is 4.98 Å². The molecule has 2 aromatic heterocycles. The normalized spacial score (nSPS) is 10.8. The average Bonchev–Trinajstić information content (AvgIpc) is 3.39. The molecule has 1 amide bonds. The van der Waals surface area contributed by atoms with E-state index in [4.69, 9.17) is 27.9 Å². The van der Waals surface area contributed by atoms with Gasteiger partial charge in [0.2, 0.25) is 5.91 Å². The number of thiazole rings is 1. The third-order valence-electron chi connectivity index (χ3n) is 4.33. The molecule has 0 unspecified atom stereocenters. The lowest BCUT2D eigenvalue weighted by Crippen LogP contribution is -2.14. The first-order valence-electron chi connectivity index (χ1n) is 9.39. The van der Waals surface area contributed by atoms with Crippen LogP contribution in [-0.4, -0.2) is 31.4 Å². The van der Waals surface area contributed by atoms with Crippen molar-refractivity contribution < 1.29 is 9.53 Å². The van der Waals surface area contributed by atoms with Gasteiger partial charge < -0.3 is 14.6 Å². The number of amides is 1. The van der Waals surface area contributed by atoms with Gasteiger partial charge in [0.15, 0.2) is 16.1 Å². The van der Waals surface area contributed by atoms with E-state index in [1.54, 1.807) is 22.8 Å². The SMILES string of the molecule is Cn1c(COc2ccc(Cl)cc2Cl)nnc1SCC(=O)Nc1nc(-c2ccccc2)cs1. The molecule has 2 heterocycles. The predicted molar refractivity (Wildman–Crippen MR) is 129 cm³/mol. The number of benzene rings is 2. The van der Waals surface area contributed by atoms with Gasteiger partial charge in [0.1, 0.15) is 12.4 Å². The second-order valence-electron chi connectivity index (χ2n) is 6.56. The number of thioether (sulfide) groups is 1. The van der Waals surface area contributed by atoms with E-state index in [2.05, 4.69) is 20.5 Å². The first-order chi connectivity index (χ1) is 15.5. The minimum absolute atomic E-state index is 0.169. The molecular weight excluding hydrogens is 489 g/mol. The number of rotatable bonds is 8. The highest BCUT2D eigenvalue weighted by Crippen LogP contribution is 2.28. The Labute approximate surface area is 202 Å². The summed E-state index contributed by atoms with van der Waals surface area (Å²) in [5.74, 6) is 1.12. The molecule has 2 aromatic carbocycles. The molecular formula is C21H17Cl2N5O2S2. The molecule has 0 atom stereocenters. The van der Waals surface area contributed by atoms with Crippen LogP contribution in [0.25, 0.3) is 11.3 Å². The molecule has 7 nitrogen and oxygen atoms in total. The van der Waals surface area contributed by atoms with E-state index in [9.17, 15) is 4.79 Å². The fourth-order valence-corrected chi connectivity index (χ4v) is 4.62. The van der Waals surface area contributed by atoms with Crippen LogP contribution < -0.4 is 10.1 Å². The summed E-state index contributed by atoms with van der Waals surface area (Å²) in [5, 5.41) is 15.1. The van der Waals surface area contributed by atoms with Crippen molar-refractivity contribution in [3.63, 3.8) is 0 Å². The minimum Gasteiger partial charge on any atom is -0.484 e. The molecule has 0 aliphatic rings. The lowest BCUT2D eigenvalue weighted by Gasteiger charge is -2.08. The Kier molecular flexibility index (Phi) is 7.31. The van der Waals surface area contributed by atoms with Gasteiger partial charge in [0, 0.05) is 23.0 Å². The highest BCUT2D eigenvalue weighted by Gasteiger charge is 2.14. The van der Waals surface area contributed by atoms with E-state index in [1.807, 2.05) is 42.8 Å². The van der Waals surface area contributed by atoms with Gasteiger partial charge in [-0.1, -0.05) is 65.3 Å². The van der Waals surface area contributed by atoms with Gasteiger partial charge in [0.25, 0.3) is 0 Å². The molecule has 0 aliphatic carbocycles. The maximum absolute atomic E-state index is 12.4. The van der Waals surface area contributed by atoms with Gasteiger partial charge in [0.05, 0.1) is 16.5 Å². The zero-order valence-electron chi connectivity index (χ0n) is 16.8. The van der Waals surface area contributed by atoms with E-state index in [1.165, 1.54) is 23.1 Å². The van der Waals surface area contributed by atoms with Crippen LogP contribution in [0.15, 0.2) is 59.1 Å². The summed E-state index contributed by atoms with van der Waals surface area (Å²) in [6.07, 6.45) is 0. The van der Waals surface area contributed by atoms with E-state index in [0.29, 0.717) is 31.9 Å². The first kappa shape index (κ1) is 22.6. The Morgan fingerprint density at radius 1 is 1.19 bits per heavy atom. The van der Waals surface area contributed by atoms with Crippen LogP contribution in [0.1, 0.15) is 5.82 Å². The van der Waals surface area contributed by atoms with E-state index in [0.717, 1.165) is 11.3 Å². The lowest BCUT2D eigenvalue weighted by atomic mass is 10.2. The fraction of sp³-hybridized carbons (Fsp3) is 0.143. The zero-order valence-corrected chi connectivity index (χ0v) is 19.9. The molecule has 1 N–H and O–H groups in total. The van der Waals surface area contributed by atoms with Crippen LogP contribution in [0.5, 0.6) is 5.75 Å². The molecule has 4 aromatic rings. The number of carbonyl (C=O) groups is 1. The number of anilines is 1. The molecule has 0 aliphatic heterocycles. The summed E-state index contributed by atoms with van der Waals surface area (Å²) in [5.41, 5.74) is 1.84. The lowest BCUT2D eigenvalue weighted by molar-refractivity contribution is -0.113.